The summed E-state index contributed by atoms with van der Waals surface area (Å²) in [5.41, 5.74) is 4.23. The van der Waals surface area contributed by atoms with Gasteiger partial charge in [-0.1, -0.05) is 17.7 Å². The first-order valence-corrected chi connectivity index (χ1v) is 10.1. The highest BCUT2D eigenvalue weighted by Crippen LogP contribution is 2.20. The number of benzene rings is 1. The first kappa shape index (κ1) is 19.1. The molecule has 0 spiro atoms. The number of hydrogen-bond acceptors (Lipinski definition) is 6. The Morgan fingerprint density at radius 2 is 2.03 bits per heavy atom. The number of thiazole rings is 1. The highest BCUT2D eigenvalue weighted by atomic mass is 32.1. The average Bonchev–Trinajstić information content (AvgIpc) is 3.25. The Morgan fingerprint density at radius 1 is 1.24 bits per heavy atom. The molecule has 1 N–H and O–H groups in total. The van der Waals surface area contributed by atoms with Crippen LogP contribution in [0.5, 0.6) is 5.75 Å². The van der Waals surface area contributed by atoms with Crippen molar-refractivity contribution < 1.29 is 9.53 Å². The number of hydrogen-bond donors (Lipinski definition) is 1. The van der Waals surface area contributed by atoms with E-state index in [1.54, 1.807) is 10.9 Å². The number of fused-ring (bicyclic) bond motifs is 1. The monoisotopic (exact) mass is 407 g/mol. The zero-order valence-electron chi connectivity index (χ0n) is 16.5. The summed E-state index contributed by atoms with van der Waals surface area (Å²) in [6.07, 6.45) is 1.84. The molecule has 7 nitrogen and oxygen atoms in total. The van der Waals surface area contributed by atoms with Gasteiger partial charge >= 0.3 is 0 Å². The Morgan fingerprint density at radius 3 is 2.83 bits per heavy atom. The zero-order chi connectivity index (χ0) is 20.4. The van der Waals surface area contributed by atoms with E-state index < -0.39 is 0 Å². The predicted molar refractivity (Wildman–Crippen MR) is 113 cm³/mol. The fraction of sp³-hybridized carbons (Fsp3) is 0.238. The third-order valence-corrected chi connectivity index (χ3v) is 5.34. The Bertz CT molecular complexity index is 1160. The van der Waals surface area contributed by atoms with Gasteiger partial charge in [-0.2, -0.15) is 5.10 Å². The van der Waals surface area contributed by atoms with Gasteiger partial charge in [-0.05, 0) is 32.0 Å². The van der Waals surface area contributed by atoms with Crippen molar-refractivity contribution in [3.05, 3.63) is 63.9 Å². The first-order chi connectivity index (χ1) is 14.0. The molecule has 0 bridgehead atoms. The van der Waals surface area contributed by atoms with E-state index in [2.05, 4.69) is 20.4 Å². The highest BCUT2D eigenvalue weighted by molar-refractivity contribution is 7.09. The zero-order valence-corrected chi connectivity index (χ0v) is 17.3. The second kappa shape index (κ2) is 8.00. The summed E-state index contributed by atoms with van der Waals surface area (Å²) in [4.78, 5) is 21.3. The number of ether oxygens (including phenoxy) is 1. The van der Waals surface area contributed by atoms with Gasteiger partial charge in [0.1, 0.15) is 17.4 Å². The smallest absolute Gasteiger partial charge is 0.230 e. The Labute approximate surface area is 172 Å². The van der Waals surface area contributed by atoms with Crippen LogP contribution in [0.3, 0.4) is 0 Å². The van der Waals surface area contributed by atoms with E-state index >= 15 is 0 Å². The molecule has 29 heavy (non-hydrogen) atoms. The van der Waals surface area contributed by atoms with Crippen molar-refractivity contribution in [1.82, 2.24) is 19.7 Å². The molecule has 148 valence electrons. The maximum absolute atomic E-state index is 12.4. The van der Waals surface area contributed by atoms with Crippen LogP contribution in [0.15, 0.2) is 41.9 Å². The van der Waals surface area contributed by atoms with E-state index in [9.17, 15) is 4.79 Å². The van der Waals surface area contributed by atoms with Crippen molar-refractivity contribution in [1.29, 1.82) is 0 Å². The van der Waals surface area contributed by atoms with Crippen molar-refractivity contribution in [2.24, 2.45) is 7.05 Å². The van der Waals surface area contributed by atoms with E-state index in [0.29, 0.717) is 12.3 Å². The van der Waals surface area contributed by atoms with Crippen LogP contribution >= 0.6 is 11.3 Å². The molecule has 0 saturated heterocycles. The lowest BCUT2D eigenvalue weighted by molar-refractivity contribution is -0.115. The molecule has 4 aromatic rings. The van der Waals surface area contributed by atoms with Gasteiger partial charge in [-0.3, -0.25) is 9.48 Å². The van der Waals surface area contributed by atoms with E-state index in [4.69, 9.17) is 4.74 Å². The SMILES string of the molecule is Cc1ccc(OCc2nc(CC(=O)Nc3cnc4c(c3)c(C)nn4C)cs2)cc1. The molecule has 0 aliphatic rings. The molecule has 4 rings (SSSR count). The largest absolute Gasteiger partial charge is 0.486 e. The topological polar surface area (TPSA) is 81.9 Å². The molecule has 0 fully saturated rings. The average molecular weight is 407 g/mol. The maximum Gasteiger partial charge on any atom is 0.230 e. The fourth-order valence-electron chi connectivity index (χ4n) is 3.02. The summed E-state index contributed by atoms with van der Waals surface area (Å²) in [6, 6.07) is 9.78. The molecule has 8 heteroatoms. The molecule has 0 saturated carbocycles. The maximum atomic E-state index is 12.4. The Hall–Kier alpha value is -3.26. The molecule has 0 aliphatic heterocycles. The minimum Gasteiger partial charge on any atom is -0.486 e. The molecule has 1 aromatic carbocycles. The number of nitrogens with zero attached hydrogens (tertiary/aromatic N) is 4. The van der Waals surface area contributed by atoms with Crippen molar-refractivity contribution in [2.45, 2.75) is 26.9 Å². The molecule has 3 aromatic heterocycles. The van der Waals surface area contributed by atoms with Gasteiger partial charge in [0.15, 0.2) is 5.65 Å². The van der Waals surface area contributed by atoms with Crippen molar-refractivity contribution >= 4 is 34.0 Å². The molecule has 3 heterocycles. The lowest BCUT2D eigenvalue weighted by atomic mass is 10.2. The number of carbonyl (C=O) groups is 1. The van der Waals surface area contributed by atoms with Crippen molar-refractivity contribution in [3.63, 3.8) is 0 Å². The van der Waals surface area contributed by atoms with Crippen LogP contribution in [0.25, 0.3) is 11.0 Å². The second-order valence-corrected chi connectivity index (χ2v) is 7.81. The van der Waals surface area contributed by atoms with Crippen LogP contribution in [0.2, 0.25) is 0 Å². The number of amides is 1. The third kappa shape index (κ3) is 4.43. The number of aromatic nitrogens is 4. The summed E-state index contributed by atoms with van der Waals surface area (Å²) < 4.78 is 7.47. The number of rotatable bonds is 6. The molecule has 0 radical (unpaired) electrons. The standard InChI is InChI=1S/C21H21N5O2S/c1-13-4-6-17(7-5-13)28-11-20-24-16(12-29-20)9-19(27)23-15-8-18-14(2)25-26(3)21(18)22-10-15/h4-8,10,12H,9,11H2,1-3H3,(H,23,27). The number of aryl methyl sites for hydroxylation is 3. The van der Waals surface area contributed by atoms with Crippen LogP contribution in [0, 0.1) is 13.8 Å². The summed E-state index contributed by atoms with van der Waals surface area (Å²) in [5.74, 6) is 0.669. The quantitative estimate of drug-likeness (QED) is 0.526. The van der Waals surface area contributed by atoms with Crippen LogP contribution in [0.1, 0.15) is 22.0 Å². The van der Waals surface area contributed by atoms with Gasteiger partial charge in [0.25, 0.3) is 0 Å². The highest BCUT2D eigenvalue weighted by Gasteiger charge is 2.11. The summed E-state index contributed by atoms with van der Waals surface area (Å²) in [6.45, 7) is 4.34. The molecular formula is C21H21N5O2S. The third-order valence-electron chi connectivity index (χ3n) is 4.47. The normalized spacial score (nSPS) is 11.0. The molecule has 1 amide bonds. The van der Waals surface area contributed by atoms with Gasteiger partial charge in [0, 0.05) is 17.8 Å². The molecular weight excluding hydrogens is 386 g/mol. The van der Waals surface area contributed by atoms with E-state index in [1.807, 2.05) is 56.6 Å². The second-order valence-electron chi connectivity index (χ2n) is 6.86. The van der Waals surface area contributed by atoms with E-state index in [1.165, 1.54) is 16.9 Å². The van der Waals surface area contributed by atoms with Gasteiger partial charge in [-0.15, -0.1) is 11.3 Å². The van der Waals surface area contributed by atoms with Crippen LogP contribution in [-0.2, 0) is 24.9 Å². The van der Waals surface area contributed by atoms with Crippen molar-refractivity contribution in [2.75, 3.05) is 5.32 Å². The number of nitrogens with one attached hydrogen (secondary N) is 1. The van der Waals surface area contributed by atoms with Crippen LogP contribution in [-0.4, -0.2) is 25.7 Å². The fourth-order valence-corrected chi connectivity index (χ4v) is 3.73. The number of anilines is 1. The molecule has 0 unspecified atom stereocenters. The lowest BCUT2D eigenvalue weighted by Gasteiger charge is -2.05. The van der Waals surface area contributed by atoms with E-state index in [-0.39, 0.29) is 12.3 Å². The van der Waals surface area contributed by atoms with Crippen molar-refractivity contribution in [3.8, 4) is 5.75 Å². The van der Waals surface area contributed by atoms with Gasteiger partial charge in [0.2, 0.25) is 5.91 Å². The Balaban J connectivity index is 1.35. The van der Waals surface area contributed by atoms with Crippen LogP contribution in [0.4, 0.5) is 5.69 Å². The van der Waals surface area contributed by atoms with Gasteiger partial charge in [-0.25, -0.2) is 9.97 Å². The summed E-state index contributed by atoms with van der Waals surface area (Å²) in [7, 11) is 1.85. The molecule has 0 atom stereocenters. The first-order valence-electron chi connectivity index (χ1n) is 9.20. The van der Waals surface area contributed by atoms with Gasteiger partial charge < -0.3 is 10.1 Å². The predicted octanol–water partition coefficient (Wildman–Crippen LogP) is 3.80. The van der Waals surface area contributed by atoms with E-state index in [0.717, 1.165) is 33.2 Å². The lowest BCUT2D eigenvalue weighted by Crippen LogP contribution is -2.15. The minimum absolute atomic E-state index is 0.135. The molecule has 0 aliphatic carbocycles. The van der Waals surface area contributed by atoms with Gasteiger partial charge in [0.05, 0.1) is 29.7 Å². The minimum atomic E-state index is -0.135. The van der Waals surface area contributed by atoms with Crippen LogP contribution < -0.4 is 10.1 Å². The summed E-state index contributed by atoms with van der Waals surface area (Å²) in [5, 5.41) is 10.9. The number of carbonyl (C=O) groups excluding carboxylic acids is 1. The summed E-state index contributed by atoms with van der Waals surface area (Å²) >= 11 is 1.49. The number of pyridine rings is 1. The Kier molecular flexibility index (Phi) is 5.26.